The summed E-state index contributed by atoms with van der Waals surface area (Å²) in [5.74, 6) is 0.0498. The predicted octanol–water partition coefficient (Wildman–Crippen LogP) is 3.26. The third-order valence-electron chi connectivity index (χ3n) is 5.29. The molecule has 2 amide bonds. The molecule has 2 aromatic rings. The number of hydrogen-bond donors (Lipinski definition) is 3. The molecule has 8 nitrogen and oxygen atoms in total. The number of pyridine rings is 1. The largest absolute Gasteiger partial charge is 0.387 e. The minimum absolute atomic E-state index is 0.0172. The standard InChI is InChI=1S/C25H32N6O2/c1-3-9-31(10-4-2)25(33)20-12-18-5-6-19(13-22(18)30-23(27)14-20)24(32)29-21-11-17(7-8-26)15-28-16-21/h5-6,11-13,15-16H,3-4,7-10,14,26H2,1-2H3,(H2,27,30)(H,29,32). The maximum absolute atomic E-state index is 13.1. The number of nitrogens with one attached hydrogen (secondary N) is 1. The molecule has 0 radical (unpaired) electrons. The van der Waals surface area contributed by atoms with Gasteiger partial charge in [-0.1, -0.05) is 19.9 Å². The molecular formula is C25H32N6O2. The Balaban J connectivity index is 1.84. The second-order valence-corrected chi connectivity index (χ2v) is 8.09. The van der Waals surface area contributed by atoms with Crippen LogP contribution in [0.2, 0.25) is 0 Å². The number of carbonyl (C=O) groups is 2. The van der Waals surface area contributed by atoms with Gasteiger partial charge in [-0.2, -0.15) is 0 Å². The van der Waals surface area contributed by atoms with E-state index in [1.165, 1.54) is 0 Å². The van der Waals surface area contributed by atoms with Gasteiger partial charge in [0, 0.05) is 42.4 Å². The van der Waals surface area contributed by atoms with Crippen LogP contribution in [0.25, 0.3) is 6.08 Å². The molecule has 1 aliphatic heterocycles. The van der Waals surface area contributed by atoms with E-state index in [1.807, 2.05) is 17.0 Å². The average molecular weight is 449 g/mol. The third-order valence-corrected chi connectivity index (χ3v) is 5.29. The van der Waals surface area contributed by atoms with Crippen LogP contribution < -0.4 is 16.8 Å². The van der Waals surface area contributed by atoms with Gasteiger partial charge in [0.25, 0.3) is 5.91 Å². The lowest BCUT2D eigenvalue weighted by Crippen LogP contribution is -2.34. The Kier molecular flexibility index (Phi) is 8.32. The van der Waals surface area contributed by atoms with E-state index >= 15 is 0 Å². The van der Waals surface area contributed by atoms with Crippen molar-refractivity contribution in [2.75, 3.05) is 25.0 Å². The van der Waals surface area contributed by atoms with Gasteiger partial charge in [-0.3, -0.25) is 14.6 Å². The fourth-order valence-electron chi connectivity index (χ4n) is 3.79. The summed E-state index contributed by atoms with van der Waals surface area (Å²) in [5, 5.41) is 2.86. The number of aromatic nitrogens is 1. The fourth-order valence-corrected chi connectivity index (χ4v) is 3.79. The molecule has 0 fully saturated rings. The van der Waals surface area contributed by atoms with Gasteiger partial charge in [0.15, 0.2) is 0 Å². The quantitative estimate of drug-likeness (QED) is 0.543. The molecule has 3 rings (SSSR count). The molecule has 33 heavy (non-hydrogen) atoms. The zero-order valence-corrected chi connectivity index (χ0v) is 19.3. The first-order valence-electron chi connectivity index (χ1n) is 11.4. The van der Waals surface area contributed by atoms with E-state index in [-0.39, 0.29) is 18.2 Å². The number of fused-ring (bicyclic) bond motifs is 1. The van der Waals surface area contributed by atoms with E-state index in [0.29, 0.717) is 54.4 Å². The smallest absolute Gasteiger partial charge is 0.255 e. The summed E-state index contributed by atoms with van der Waals surface area (Å²) in [6.45, 7) is 6.03. The molecular weight excluding hydrogens is 416 g/mol. The van der Waals surface area contributed by atoms with Crippen molar-refractivity contribution in [2.24, 2.45) is 16.5 Å². The van der Waals surface area contributed by atoms with Gasteiger partial charge in [-0.15, -0.1) is 0 Å². The summed E-state index contributed by atoms with van der Waals surface area (Å²) in [7, 11) is 0. The normalized spacial score (nSPS) is 12.8. The highest BCUT2D eigenvalue weighted by Gasteiger charge is 2.21. The lowest BCUT2D eigenvalue weighted by Gasteiger charge is -2.22. The van der Waals surface area contributed by atoms with Crippen molar-refractivity contribution in [1.29, 1.82) is 0 Å². The number of rotatable bonds is 9. The Morgan fingerprint density at radius 3 is 2.58 bits per heavy atom. The van der Waals surface area contributed by atoms with E-state index in [2.05, 4.69) is 29.1 Å². The number of amidine groups is 1. The van der Waals surface area contributed by atoms with Crippen molar-refractivity contribution < 1.29 is 9.59 Å². The summed E-state index contributed by atoms with van der Waals surface area (Å²) >= 11 is 0. The fraction of sp³-hybridized carbons (Fsp3) is 0.360. The van der Waals surface area contributed by atoms with Crippen LogP contribution in [0.5, 0.6) is 0 Å². The van der Waals surface area contributed by atoms with Crippen LogP contribution >= 0.6 is 0 Å². The maximum atomic E-state index is 13.1. The number of carbonyl (C=O) groups excluding carboxylic acids is 2. The van der Waals surface area contributed by atoms with Gasteiger partial charge in [-0.25, -0.2) is 4.99 Å². The van der Waals surface area contributed by atoms with E-state index in [1.54, 1.807) is 30.6 Å². The van der Waals surface area contributed by atoms with E-state index in [4.69, 9.17) is 11.5 Å². The first-order chi connectivity index (χ1) is 15.9. The van der Waals surface area contributed by atoms with Gasteiger partial charge in [-0.05, 0) is 55.6 Å². The summed E-state index contributed by atoms with van der Waals surface area (Å²) < 4.78 is 0. The molecule has 0 spiro atoms. The lowest BCUT2D eigenvalue weighted by molar-refractivity contribution is -0.127. The van der Waals surface area contributed by atoms with E-state index < -0.39 is 0 Å². The Hall–Kier alpha value is -3.52. The molecule has 5 N–H and O–H groups in total. The van der Waals surface area contributed by atoms with E-state index in [9.17, 15) is 9.59 Å². The Morgan fingerprint density at radius 2 is 1.88 bits per heavy atom. The molecule has 0 aliphatic carbocycles. The Bertz CT molecular complexity index is 1070. The summed E-state index contributed by atoms with van der Waals surface area (Å²) in [4.78, 5) is 36.4. The molecule has 174 valence electrons. The number of amides is 2. The van der Waals surface area contributed by atoms with Crippen LogP contribution in [-0.2, 0) is 11.2 Å². The first-order valence-corrected chi connectivity index (χ1v) is 11.4. The van der Waals surface area contributed by atoms with Crippen LogP contribution in [0.15, 0.2) is 47.2 Å². The Labute approximate surface area is 194 Å². The van der Waals surface area contributed by atoms with Crippen molar-refractivity contribution in [3.8, 4) is 0 Å². The van der Waals surface area contributed by atoms with E-state index in [0.717, 1.165) is 24.0 Å². The zero-order chi connectivity index (χ0) is 23.8. The highest BCUT2D eigenvalue weighted by Crippen LogP contribution is 2.29. The second-order valence-electron chi connectivity index (χ2n) is 8.09. The molecule has 0 saturated heterocycles. The first kappa shape index (κ1) is 24.1. The topological polar surface area (TPSA) is 127 Å². The molecule has 0 saturated carbocycles. The van der Waals surface area contributed by atoms with Crippen molar-refractivity contribution in [3.05, 3.63) is 58.9 Å². The monoisotopic (exact) mass is 448 g/mol. The highest BCUT2D eigenvalue weighted by atomic mass is 16.2. The van der Waals surface area contributed by atoms with Gasteiger partial charge in [0.1, 0.15) is 5.84 Å². The van der Waals surface area contributed by atoms with Crippen LogP contribution in [0.1, 0.15) is 54.6 Å². The van der Waals surface area contributed by atoms with Gasteiger partial charge < -0.3 is 21.7 Å². The molecule has 1 aliphatic rings. The van der Waals surface area contributed by atoms with Gasteiger partial charge in [0.05, 0.1) is 17.6 Å². The summed E-state index contributed by atoms with van der Waals surface area (Å²) in [5.41, 5.74) is 15.7. The van der Waals surface area contributed by atoms with Gasteiger partial charge in [0.2, 0.25) is 5.91 Å². The SMILES string of the molecule is CCCN(CCC)C(=O)C1=Cc2ccc(C(=O)Nc3cncc(CCN)c3)cc2N=C(N)C1. The minimum Gasteiger partial charge on any atom is -0.387 e. The highest BCUT2D eigenvalue weighted by molar-refractivity contribution is 6.07. The minimum atomic E-state index is -0.278. The van der Waals surface area contributed by atoms with Crippen molar-refractivity contribution in [2.45, 2.75) is 39.5 Å². The average Bonchev–Trinajstić information content (AvgIpc) is 2.96. The molecule has 1 aromatic carbocycles. The van der Waals surface area contributed by atoms with Crippen molar-refractivity contribution >= 4 is 35.1 Å². The third kappa shape index (κ3) is 6.26. The van der Waals surface area contributed by atoms with Crippen LogP contribution in [-0.4, -0.2) is 47.2 Å². The number of aliphatic imine (C=N–C) groups is 1. The van der Waals surface area contributed by atoms with Crippen LogP contribution in [0, 0.1) is 0 Å². The molecule has 1 aromatic heterocycles. The number of benzene rings is 1. The van der Waals surface area contributed by atoms with Crippen molar-refractivity contribution in [1.82, 2.24) is 9.88 Å². The molecule has 2 heterocycles. The second kappa shape index (κ2) is 11.4. The number of hydrogen-bond acceptors (Lipinski definition) is 6. The van der Waals surface area contributed by atoms with Crippen LogP contribution in [0.3, 0.4) is 0 Å². The van der Waals surface area contributed by atoms with Crippen LogP contribution in [0.4, 0.5) is 11.4 Å². The number of anilines is 1. The molecule has 0 unspecified atom stereocenters. The number of nitrogens with two attached hydrogens (primary N) is 2. The molecule has 0 atom stereocenters. The lowest BCUT2D eigenvalue weighted by atomic mass is 10.0. The maximum Gasteiger partial charge on any atom is 0.255 e. The van der Waals surface area contributed by atoms with Gasteiger partial charge >= 0.3 is 0 Å². The van der Waals surface area contributed by atoms with Crippen molar-refractivity contribution in [3.63, 3.8) is 0 Å². The predicted molar refractivity (Wildman–Crippen MR) is 132 cm³/mol. The Morgan fingerprint density at radius 1 is 1.12 bits per heavy atom. The molecule has 0 bridgehead atoms. The molecule has 8 heteroatoms. The summed E-state index contributed by atoms with van der Waals surface area (Å²) in [6, 6.07) is 7.06. The number of nitrogens with zero attached hydrogens (tertiary/aromatic N) is 3. The zero-order valence-electron chi connectivity index (χ0n) is 19.3. The summed E-state index contributed by atoms with van der Waals surface area (Å²) in [6.07, 6.45) is 7.90.